The summed E-state index contributed by atoms with van der Waals surface area (Å²) < 4.78 is 0. The first-order chi connectivity index (χ1) is 14.2. The predicted octanol–water partition coefficient (Wildman–Crippen LogP) is 2.40. The van der Waals surface area contributed by atoms with Crippen LogP contribution in [0.25, 0.3) is 0 Å². The number of amides is 1. The molecule has 2 aromatic rings. The quantitative estimate of drug-likeness (QED) is 0.564. The maximum Gasteiger partial charge on any atom is 0.242 e. The van der Waals surface area contributed by atoms with Gasteiger partial charge in [0, 0.05) is 50.5 Å². The molecule has 1 heterocycles. The number of nitrogens with one attached hydrogen (secondary N) is 2. The molecule has 3 rings (SSSR count). The van der Waals surface area contributed by atoms with Crippen molar-refractivity contribution in [3.05, 3.63) is 65.2 Å². The van der Waals surface area contributed by atoms with Gasteiger partial charge in [0.1, 0.15) is 0 Å². The van der Waals surface area contributed by atoms with Gasteiger partial charge in [0.25, 0.3) is 0 Å². The van der Waals surface area contributed by atoms with E-state index in [1.807, 2.05) is 47.4 Å². The van der Waals surface area contributed by atoms with Crippen LogP contribution in [0.1, 0.15) is 5.56 Å². The van der Waals surface area contributed by atoms with Gasteiger partial charge in [0.15, 0.2) is 5.96 Å². The molecule has 0 saturated carbocycles. The number of carbonyl (C=O) groups is 1. The van der Waals surface area contributed by atoms with Crippen molar-refractivity contribution in [2.24, 2.45) is 4.99 Å². The van der Waals surface area contributed by atoms with Crippen molar-refractivity contribution in [2.45, 2.75) is 6.42 Å². The van der Waals surface area contributed by atoms with Crippen LogP contribution in [-0.2, 0) is 11.2 Å². The van der Waals surface area contributed by atoms with Gasteiger partial charge in [-0.25, -0.2) is 0 Å². The van der Waals surface area contributed by atoms with Crippen molar-refractivity contribution in [3.8, 4) is 0 Å². The van der Waals surface area contributed by atoms with Gasteiger partial charge in [0.05, 0.1) is 6.54 Å². The minimum absolute atomic E-state index is 0.0896. The van der Waals surface area contributed by atoms with E-state index in [-0.39, 0.29) is 12.5 Å². The van der Waals surface area contributed by atoms with Gasteiger partial charge in [0.2, 0.25) is 5.91 Å². The first-order valence-corrected chi connectivity index (χ1v) is 10.3. The van der Waals surface area contributed by atoms with E-state index in [1.54, 1.807) is 7.05 Å². The second-order valence-electron chi connectivity index (χ2n) is 6.90. The Morgan fingerprint density at radius 1 is 1.00 bits per heavy atom. The maximum atomic E-state index is 12.5. The second kappa shape index (κ2) is 10.7. The first-order valence-electron chi connectivity index (χ1n) is 9.93. The monoisotopic (exact) mass is 413 g/mol. The summed E-state index contributed by atoms with van der Waals surface area (Å²) >= 11 is 6.18. The van der Waals surface area contributed by atoms with Gasteiger partial charge in [-0.3, -0.25) is 9.79 Å². The molecule has 0 spiro atoms. The highest BCUT2D eigenvalue weighted by Gasteiger charge is 2.21. The Kier molecular flexibility index (Phi) is 7.76. The summed E-state index contributed by atoms with van der Waals surface area (Å²) in [5.74, 6) is 0.708. The average molecular weight is 414 g/mol. The van der Waals surface area contributed by atoms with Crippen LogP contribution in [-0.4, -0.2) is 63.1 Å². The van der Waals surface area contributed by atoms with Crippen LogP contribution in [0, 0.1) is 0 Å². The number of guanidine groups is 1. The molecular formula is C22H28ClN5O. The lowest BCUT2D eigenvalue weighted by molar-refractivity contribution is -0.130. The van der Waals surface area contributed by atoms with Crippen molar-refractivity contribution >= 4 is 29.2 Å². The van der Waals surface area contributed by atoms with E-state index in [4.69, 9.17) is 11.6 Å². The Labute approximate surface area is 177 Å². The lowest BCUT2D eigenvalue weighted by Gasteiger charge is -2.36. The van der Waals surface area contributed by atoms with Gasteiger partial charge in [-0.05, 0) is 30.2 Å². The van der Waals surface area contributed by atoms with Gasteiger partial charge in [-0.1, -0.05) is 48.0 Å². The van der Waals surface area contributed by atoms with Gasteiger partial charge >= 0.3 is 0 Å². The van der Waals surface area contributed by atoms with Crippen LogP contribution >= 0.6 is 11.6 Å². The summed E-state index contributed by atoms with van der Waals surface area (Å²) in [5, 5.41) is 7.11. The van der Waals surface area contributed by atoms with Crippen molar-refractivity contribution in [2.75, 3.05) is 51.2 Å². The molecular weight excluding hydrogens is 386 g/mol. The number of hydrogen-bond acceptors (Lipinski definition) is 3. The summed E-state index contributed by atoms with van der Waals surface area (Å²) in [4.78, 5) is 21.0. The molecule has 1 fully saturated rings. The van der Waals surface area contributed by atoms with Crippen molar-refractivity contribution in [3.63, 3.8) is 0 Å². The van der Waals surface area contributed by atoms with E-state index >= 15 is 0 Å². The van der Waals surface area contributed by atoms with Crippen LogP contribution in [0.3, 0.4) is 0 Å². The van der Waals surface area contributed by atoms with E-state index in [2.05, 4.69) is 32.7 Å². The molecule has 0 bridgehead atoms. The molecule has 0 aliphatic carbocycles. The van der Waals surface area contributed by atoms with Crippen LogP contribution in [0.2, 0.25) is 5.02 Å². The Morgan fingerprint density at radius 3 is 2.38 bits per heavy atom. The highest BCUT2D eigenvalue weighted by Crippen LogP contribution is 2.16. The SMILES string of the molecule is CN=C(NCCc1ccccc1Cl)NCC(=O)N1CCN(c2ccccc2)CC1. The number of aliphatic imine (C=N–C) groups is 1. The minimum atomic E-state index is 0.0896. The molecule has 7 heteroatoms. The molecule has 1 aliphatic heterocycles. The van der Waals surface area contributed by atoms with Crippen molar-refractivity contribution in [1.82, 2.24) is 15.5 Å². The van der Waals surface area contributed by atoms with E-state index in [0.29, 0.717) is 12.5 Å². The number of hydrogen-bond donors (Lipinski definition) is 2. The smallest absolute Gasteiger partial charge is 0.242 e. The maximum absolute atomic E-state index is 12.5. The zero-order chi connectivity index (χ0) is 20.5. The zero-order valence-electron chi connectivity index (χ0n) is 16.8. The molecule has 29 heavy (non-hydrogen) atoms. The highest BCUT2D eigenvalue weighted by molar-refractivity contribution is 6.31. The molecule has 0 aromatic heterocycles. The summed E-state index contributed by atoms with van der Waals surface area (Å²) in [6.07, 6.45) is 0.787. The third kappa shape index (κ3) is 6.12. The summed E-state index contributed by atoms with van der Waals surface area (Å²) in [6.45, 7) is 4.08. The van der Waals surface area contributed by atoms with E-state index in [1.165, 1.54) is 5.69 Å². The van der Waals surface area contributed by atoms with Gasteiger partial charge < -0.3 is 20.4 Å². The molecule has 0 atom stereocenters. The van der Waals surface area contributed by atoms with E-state index < -0.39 is 0 Å². The van der Waals surface area contributed by atoms with Crippen molar-refractivity contribution in [1.29, 1.82) is 0 Å². The number of piperazine rings is 1. The molecule has 0 radical (unpaired) electrons. The van der Waals surface area contributed by atoms with Crippen LogP contribution < -0.4 is 15.5 Å². The fourth-order valence-electron chi connectivity index (χ4n) is 3.36. The third-order valence-electron chi connectivity index (χ3n) is 5.03. The van der Waals surface area contributed by atoms with Crippen LogP contribution in [0.4, 0.5) is 5.69 Å². The molecule has 0 unspecified atom stereocenters. The number of para-hydroxylation sites is 1. The standard InChI is InChI=1S/C22H28ClN5O/c1-24-22(25-12-11-18-7-5-6-10-20(18)23)26-17-21(29)28-15-13-27(14-16-28)19-8-3-2-4-9-19/h2-10H,11-17H2,1H3,(H2,24,25,26). The fraction of sp³-hybridized carbons (Fsp3) is 0.364. The normalized spacial score (nSPS) is 14.6. The van der Waals surface area contributed by atoms with E-state index in [0.717, 1.165) is 43.2 Å². The predicted molar refractivity (Wildman–Crippen MR) is 120 cm³/mol. The Morgan fingerprint density at radius 2 is 1.69 bits per heavy atom. The first kappa shape index (κ1) is 21.0. The zero-order valence-corrected chi connectivity index (χ0v) is 17.5. The number of anilines is 1. The lowest BCUT2D eigenvalue weighted by Crippen LogP contribution is -2.52. The Balaban J connectivity index is 1.38. The Hall–Kier alpha value is -2.73. The molecule has 1 aliphatic rings. The van der Waals surface area contributed by atoms with Crippen molar-refractivity contribution < 1.29 is 4.79 Å². The number of rotatable bonds is 6. The minimum Gasteiger partial charge on any atom is -0.368 e. The number of nitrogens with zero attached hydrogens (tertiary/aromatic N) is 3. The summed E-state index contributed by atoms with van der Waals surface area (Å²) in [6, 6.07) is 18.1. The molecule has 2 aromatic carbocycles. The van der Waals surface area contributed by atoms with Crippen LogP contribution in [0.15, 0.2) is 59.6 Å². The van der Waals surface area contributed by atoms with Crippen LogP contribution in [0.5, 0.6) is 0 Å². The number of carbonyl (C=O) groups excluding carboxylic acids is 1. The number of halogens is 1. The summed E-state index contributed by atoms with van der Waals surface area (Å²) in [5.41, 5.74) is 2.30. The lowest BCUT2D eigenvalue weighted by atomic mass is 10.1. The molecule has 154 valence electrons. The molecule has 1 amide bonds. The number of benzene rings is 2. The topological polar surface area (TPSA) is 60.0 Å². The summed E-state index contributed by atoms with van der Waals surface area (Å²) in [7, 11) is 1.70. The third-order valence-corrected chi connectivity index (χ3v) is 5.40. The van der Waals surface area contributed by atoms with Gasteiger partial charge in [-0.2, -0.15) is 0 Å². The van der Waals surface area contributed by atoms with E-state index in [9.17, 15) is 4.79 Å². The largest absolute Gasteiger partial charge is 0.368 e. The average Bonchev–Trinajstić information content (AvgIpc) is 2.78. The molecule has 2 N–H and O–H groups in total. The fourth-order valence-corrected chi connectivity index (χ4v) is 3.59. The highest BCUT2D eigenvalue weighted by atomic mass is 35.5. The van der Waals surface area contributed by atoms with Gasteiger partial charge in [-0.15, -0.1) is 0 Å². The Bertz CT molecular complexity index is 819. The molecule has 1 saturated heterocycles. The molecule has 6 nitrogen and oxygen atoms in total. The second-order valence-corrected chi connectivity index (χ2v) is 7.30.